The average molecular weight is 1470 g/mol. The fourth-order valence-corrected chi connectivity index (χ4v) is 19.8. The van der Waals surface area contributed by atoms with Gasteiger partial charge >= 0.3 is 0 Å². The monoisotopic (exact) mass is 1460 g/mol. The molecule has 0 bridgehead atoms. The Kier molecular flexibility index (Phi) is 14.4. The minimum atomic E-state index is 0.0409. The molecule has 0 saturated carbocycles. The predicted molar refractivity (Wildman–Crippen MR) is 484 cm³/mol. The summed E-state index contributed by atoms with van der Waals surface area (Å²) in [7, 11) is 0. The number of fused-ring (bicyclic) bond motifs is 18. The molecule has 2 aliphatic rings. The van der Waals surface area contributed by atoms with Gasteiger partial charge in [0.15, 0.2) is 0 Å². The molecular formula is C109H72N6. The molecule has 0 spiro atoms. The number of nitrogens with zero attached hydrogens (tertiary/aromatic N) is 6. The van der Waals surface area contributed by atoms with E-state index < -0.39 is 0 Å². The Morgan fingerprint density at radius 3 is 1.06 bits per heavy atom. The number of para-hydroxylation sites is 7. The van der Waals surface area contributed by atoms with Gasteiger partial charge in [-0.15, -0.1) is 5.73 Å². The van der Waals surface area contributed by atoms with Gasteiger partial charge in [0.1, 0.15) is 0 Å². The van der Waals surface area contributed by atoms with E-state index in [4.69, 9.17) is 0 Å². The lowest BCUT2D eigenvalue weighted by molar-refractivity contribution is 0.511. The van der Waals surface area contributed by atoms with E-state index in [2.05, 4.69) is 434 Å². The molecule has 115 heavy (non-hydrogen) atoms. The van der Waals surface area contributed by atoms with Crippen molar-refractivity contribution >= 4 is 132 Å². The van der Waals surface area contributed by atoms with E-state index in [9.17, 15) is 0 Å². The summed E-state index contributed by atoms with van der Waals surface area (Å²) < 4.78 is 14.8. The molecular weight excluding hydrogens is 1390 g/mol. The Balaban J connectivity index is 0.533. The molecule has 2 atom stereocenters. The van der Waals surface area contributed by atoms with Crippen molar-refractivity contribution in [3.05, 3.63) is 405 Å². The highest BCUT2D eigenvalue weighted by atomic mass is 15.1. The van der Waals surface area contributed by atoms with Crippen LogP contribution in [0.4, 0.5) is 0 Å². The third-order valence-corrected chi connectivity index (χ3v) is 25.0. The van der Waals surface area contributed by atoms with E-state index in [0.717, 1.165) is 34.7 Å². The van der Waals surface area contributed by atoms with Gasteiger partial charge in [0.05, 0.1) is 61.4 Å². The van der Waals surface area contributed by atoms with Gasteiger partial charge in [-0.2, -0.15) is 0 Å². The normalized spacial score (nSPS) is 14.3. The van der Waals surface area contributed by atoms with Gasteiger partial charge in [0.2, 0.25) is 0 Å². The third-order valence-electron chi connectivity index (χ3n) is 25.0. The molecule has 24 rings (SSSR count). The Morgan fingerprint density at radius 1 is 0.252 bits per heavy atom. The second-order valence-corrected chi connectivity index (χ2v) is 31.2. The van der Waals surface area contributed by atoms with Gasteiger partial charge in [-0.1, -0.05) is 231 Å². The van der Waals surface area contributed by atoms with E-state index in [1.165, 1.54) is 187 Å². The molecule has 6 heteroatoms. The summed E-state index contributed by atoms with van der Waals surface area (Å²) in [6.07, 6.45) is 12.2. The second-order valence-electron chi connectivity index (χ2n) is 31.2. The summed E-state index contributed by atoms with van der Waals surface area (Å²) in [5, 5.41) is 13.7. The first-order valence-electron chi connectivity index (χ1n) is 40.0. The molecule has 2 unspecified atom stereocenters. The van der Waals surface area contributed by atoms with Gasteiger partial charge < -0.3 is 27.4 Å². The standard InChI is InChI=1S/C109H72N6/c1-69-96(114-103-46-17-10-39-89(103)94-65-77(53-58-108(94)114)72-26-19-24-70(60-72)75-50-55-105-91(63-75)86-36-7-14-43-100(86)110(105)80-29-3-2-4-30-80)48-23-49-97(69)115-104-47-18-11-40-90(104)95-66-78(54-59-109(95)115)73-27-20-25-71(61-73)76-51-56-106-92(64-76)87-37-8-15-44-101(87)112(106)82-32-22-33-83(68-82)113-102-45-16-9-38-88(102)93-67-79(52-57-107(93)113)74-28-21-31-81(62-74)111-98-41-12-5-34-84(98)85-35-6-13-42-99(85)111/h2-13,15-35,37-69,97H,36H2,1H3. The fraction of sp³-hybridized carbons (Fsp3) is 0.0367. The molecule has 16 aromatic carbocycles. The number of rotatable bonds is 11. The molecule has 2 aliphatic carbocycles. The Hall–Kier alpha value is -14.9. The van der Waals surface area contributed by atoms with Crippen molar-refractivity contribution in [2.45, 2.75) is 19.4 Å². The molecule has 6 aromatic heterocycles. The summed E-state index contributed by atoms with van der Waals surface area (Å²) in [5.74, 6) is 0.115. The summed E-state index contributed by atoms with van der Waals surface area (Å²) in [5.41, 5.74) is 36.8. The minimum absolute atomic E-state index is 0.0409. The van der Waals surface area contributed by atoms with Crippen LogP contribution in [0.1, 0.15) is 24.2 Å². The van der Waals surface area contributed by atoms with Crippen molar-refractivity contribution < 1.29 is 0 Å². The molecule has 0 amide bonds. The van der Waals surface area contributed by atoms with Crippen LogP contribution in [0.25, 0.3) is 210 Å². The quantitative estimate of drug-likeness (QED) is 0.116. The number of allylic oxidation sites excluding steroid dienone is 5. The summed E-state index contributed by atoms with van der Waals surface area (Å²) in [6.45, 7) is 2.42. The summed E-state index contributed by atoms with van der Waals surface area (Å²) >= 11 is 0. The Morgan fingerprint density at radius 2 is 0.574 bits per heavy atom. The van der Waals surface area contributed by atoms with Gasteiger partial charge in [-0.3, -0.25) is 0 Å². The SMILES string of the molecule is CC1C(n2c3ccccc3c3cc(-c4cccc(-c5ccc6c(c5)c5c(n6-c6ccccc6)C=C=CC5)c4)ccc32)=CC=CC1n1c2ccccc2c2cc(-c3cccc(-c4ccc5c(c4)c4ccccc4n5-c4cccc(-n5c6ccccc6c6cc(-c7cccc(-n8c9ccccc9c9ccccc98)c7)ccc65)c4)c3)ccc21. The highest BCUT2D eigenvalue weighted by Crippen LogP contribution is 2.47. The zero-order chi connectivity index (χ0) is 75.5. The van der Waals surface area contributed by atoms with Gasteiger partial charge in [0, 0.05) is 117 Å². The van der Waals surface area contributed by atoms with Crippen LogP contribution in [0.2, 0.25) is 0 Å². The molecule has 0 saturated heterocycles. The van der Waals surface area contributed by atoms with Crippen molar-refractivity contribution in [2.75, 3.05) is 0 Å². The maximum absolute atomic E-state index is 3.40. The molecule has 6 nitrogen and oxygen atoms in total. The number of benzene rings is 16. The topological polar surface area (TPSA) is 29.6 Å². The first-order chi connectivity index (χ1) is 57.0. The second kappa shape index (κ2) is 25.6. The molecule has 0 radical (unpaired) electrons. The summed E-state index contributed by atoms with van der Waals surface area (Å²) in [6, 6.07) is 136. The van der Waals surface area contributed by atoms with Crippen LogP contribution in [0, 0.1) is 5.92 Å². The smallest absolute Gasteiger partial charge is 0.0606 e. The van der Waals surface area contributed by atoms with Crippen LogP contribution >= 0.6 is 0 Å². The van der Waals surface area contributed by atoms with E-state index in [1.807, 2.05) is 0 Å². The lowest BCUT2D eigenvalue weighted by Gasteiger charge is -2.30. The van der Waals surface area contributed by atoms with Crippen LogP contribution in [0.15, 0.2) is 394 Å². The lowest BCUT2D eigenvalue weighted by atomic mass is 9.92. The maximum Gasteiger partial charge on any atom is 0.0606 e. The van der Waals surface area contributed by atoms with Crippen molar-refractivity contribution in [3.63, 3.8) is 0 Å². The van der Waals surface area contributed by atoms with Crippen molar-refractivity contribution in [1.82, 2.24) is 27.4 Å². The molecule has 22 aromatic rings. The number of hydrogen-bond acceptors (Lipinski definition) is 0. The van der Waals surface area contributed by atoms with Crippen molar-refractivity contribution in [1.29, 1.82) is 0 Å². The van der Waals surface area contributed by atoms with Gasteiger partial charge in [-0.25, -0.2) is 0 Å². The predicted octanol–water partition coefficient (Wildman–Crippen LogP) is 28.5. The minimum Gasteiger partial charge on any atom is -0.333 e. The largest absolute Gasteiger partial charge is 0.333 e. The van der Waals surface area contributed by atoms with Crippen LogP contribution in [0.3, 0.4) is 0 Å². The molecule has 6 heterocycles. The highest BCUT2D eigenvalue weighted by molar-refractivity contribution is 6.16. The average Bonchev–Trinajstić information content (AvgIpc) is 1.60. The molecule has 0 N–H and O–H groups in total. The van der Waals surface area contributed by atoms with Crippen LogP contribution in [0.5, 0.6) is 0 Å². The first kappa shape index (κ1) is 64.8. The molecule has 0 aliphatic heterocycles. The van der Waals surface area contributed by atoms with Gasteiger partial charge in [0.25, 0.3) is 0 Å². The van der Waals surface area contributed by atoms with E-state index in [0.29, 0.717) is 0 Å². The number of hydrogen-bond donors (Lipinski definition) is 0. The van der Waals surface area contributed by atoms with E-state index >= 15 is 0 Å². The Labute approximate surface area is 663 Å². The lowest BCUT2D eigenvalue weighted by Crippen LogP contribution is -2.21. The molecule has 0 fully saturated rings. The Bertz CT molecular complexity index is 7970. The zero-order valence-electron chi connectivity index (χ0n) is 63.1. The fourth-order valence-electron chi connectivity index (χ4n) is 19.8. The van der Waals surface area contributed by atoms with Crippen molar-refractivity contribution in [2.24, 2.45) is 5.92 Å². The highest BCUT2D eigenvalue weighted by Gasteiger charge is 2.30. The molecule has 538 valence electrons. The van der Waals surface area contributed by atoms with E-state index in [1.54, 1.807) is 0 Å². The summed E-state index contributed by atoms with van der Waals surface area (Å²) in [4.78, 5) is 0. The van der Waals surface area contributed by atoms with Gasteiger partial charge in [-0.05, 0) is 225 Å². The maximum atomic E-state index is 3.40. The van der Waals surface area contributed by atoms with Crippen LogP contribution < -0.4 is 0 Å². The zero-order valence-corrected chi connectivity index (χ0v) is 63.1. The van der Waals surface area contributed by atoms with Crippen LogP contribution in [-0.4, -0.2) is 27.4 Å². The third kappa shape index (κ3) is 10.0. The first-order valence-corrected chi connectivity index (χ1v) is 40.0. The van der Waals surface area contributed by atoms with Crippen molar-refractivity contribution in [3.8, 4) is 78.4 Å². The van der Waals surface area contributed by atoms with Crippen LogP contribution in [-0.2, 0) is 6.42 Å². The number of aromatic nitrogens is 6. The van der Waals surface area contributed by atoms with E-state index in [-0.39, 0.29) is 12.0 Å².